The second-order valence-corrected chi connectivity index (χ2v) is 8.75. The third-order valence-corrected chi connectivity index (χ3v) is 6.55. The molecule has 0 aliphatic heterocycles. The third-order valence-electron chi connectivity index (χ3n) is 4.56. The number of amides is 1. The monoisotopic (exact) mass is 525 g/mol. The number of furan rings is 1. The first-order valence-electron chi connectivity index (χ1n) is 10.1. The molecule has 0 bridgehead atoms. The van der Waals surface area contributed by atoms with E-state index in [9.17, 15) is 14.4 Å². The van der Waals surface area contributed by atoms with Crippen LogP contribution in [0.2, 0.25) is 10.0 Å². The highest BCUT2D eigenvalue weighted by atomic mass is 35.5. The number of carbonyl (C=O) groups excluding carboxylic acids is 3. The third kappa shape index (κ3) is 5.72. The average molecular weight is 526 g/mol. The van der Waals surface area contributed by atoms with Crippen LogP contribution in [0.3, 0.4) is 0 Å². The van der Waals surface area contributed by atoms with Crippen LogP contribution in [0.1, 0.15) is 55.3 Å². The quantitative estimate of drug-likeness (QED) is 0.334. The minimum absolute atomic E-state index is 0.00648. The Labute approximate surface area is 209 Å². The van der Waals surface area contributed by atoms with Crippen molar-refractivity contribution in [3.63, 3.8) is 0 Å². The van der Waals surface area contributed by atoms with Gasteiger partial charge in [-0.05, 0) is 43.2 Å². The lowest BCUT2D eigenvalue weighted by Crippen LogP contribution is -2.14. The first-order valence-corrected chi connectivity index (χ1v) is 11.7. The van der Waals surface area contributed by atoms with Gasteiger partial charge >= 0.3 is 11.9 Å². The van der Waals surface area contributed by atoms with E-state index in [1.165, 1.54) is 13.2 Å². The molecule has 2 heterocycles. The standard InChI is InChI=1S/C23H21Cl2NO7S/c1-4-10-31-22(28)17-12(2)19(23(29)30-3)34-21(17)26-20(27)16-9-8-13(33-16)11-32-15-7-5-6-14(24)18(15)25/h5-9H,4,10-11H2,1-3H3,(H,26,27). The van der Waals surface area contributed by atoms with E-state index < -0.39 is 17.8 Å². The molecule has 3 rings (SSSR count). The van der Waals surface area contributed by atoms with Crippen molar-refractivity contribution in [2.24, 2.45) is 0 Å². The van der Waals surface area contributed by atoms with Crippen LogP contribution in [-0.4, -0.2) is 31.6 Å². The van der Waals surface area contributed by atoms with Gasteiger partial charge in [-0.1, -0.05) is 36.2 Å². The number of thiophene rings is 1. The molecule has 1 N–H and O–H groups in total. The van der Waals surface area contributed by atoms with E-state index in [1.54, 1.807) is 31.2 Å². The molecule has 1 aromatic carbocycles. The minimum Gasteiger partial charge on any atom is -0.484 e. The second kappa shape index (κ2) is 11.4. The fourth-order valence-corrected chi connectivity index (χ4v) is 4.34. The van der Waals surface area contributed by atoms with Gasteiger partial charge in [0.25, 0.3) is 5.91 Å². The smallest absolute Gasteiger partial charge is 0.348 e. The molecule has 0 aliphatic rings. The molecule has 0 unspecified atom stereocenters. The number of methoxy groups -OCH3 is 1. The summed E-state index contributed by atoms with van der Waals surface area (Å²) in [5.41, 5.74) is 0.457. The summed E-state index contributed by atoms with van der Waals surface area (Å²) in [7, 11) is 1.23. The summed E-state index contributed by atoms with van der Waals surface area (Å²) in [6.07, 6.45) is 0.623. The van der Waals surface area contributed by atoms with Crippen LogP contribution in [0, 0.1) is 6.92 Å². The Balaban J connectivity index is 1.77. The molecule has 3 aromatic rings. The molecule has 11 heteroatoms. The average Bonchev–Trinajstić information content (AvgIpc) is 3.42. The van der Waals surface area contributed by atoms with Crippen molar-refractivity contribution in [2.45, 2.75) is 26.9 Å². The number of benzene rings is 1. The van der Waals surface area contributed by atoms with E-state index in [1.807, 2.05) is 6.92 Å². The lowest BCUT2D eigenvalue weighted by atomic mass is 10.1. The lowest BCUT2D eigenvalue weighted by Gasteiger charge is -2.07. The zero-order chi connectivity index (χ0) is 24.8. The Morgan fingerprint density at radius 1 is 1.12 bits per heavy atom. The first kappa shape index (κ1) is 25.6. The molecule has 0 saturated heterocycles. The largest absolute Gasteiger partial charge is 0.484 e. The van der Waals surface area contributed by atoms with E-state index >= 15 is 0 Å². The van der Waals surface area contributed by atoms with Gasteiger partial charge in [-0.15, -0.1) is 11.3 Å². The molecule has 0 aliphatic carbocycles. The molecule has 2 aromatic heterocycles. The fourth-order valence-electron chi connectivity index (χ4n) is 2.89. The first-order chi connectivity index (χ1) is 16.3. The number of carbonyl (C=O) groups is 3. The van der Waals surface area contributed by atoms with E-state index in [2.05, 4.69) is 5.32 Å². The summed E-state index contributed by atoms with van der Waals surface area (Å²) < 4.78 is 21.2. The lowest BCUT2D eigenvalue weighted by molar-refractivity contribution is 0.0506. The zero-order valence-electron chi connectivity index (χ0n) is 18.5. The maximum atomic E-state index is 12.8. The molecular weight excluding hydrogens is 505 g/mol. The maximum Gasteiger partial charge on any atom is 0.348 e. The molecule has 34 heavy (non-hydrogen) atoms. The second-order valence-electron chi connectivity index (χ2n) is 6.95. The van der Waals surface area contributed by atoms with Crippen LogP contribution in [0.4, 0.5) is 5.00 Å². The molecule has 180 valence electrons. The topological polar surface area (TPSA) is 104 Å². The molecule has 0 atom stereocenters. The fraction of sp³-hybridized carbons (Fsp3) is 0.261. The van der Waals surface area contributed by atoms with Gasteiger partial charge in [-0.3, -0.25) is 4.79 Å². The zero-order valence-corrected chi connectivity index (χ0v) is 20.9. The number of hydrogen-bond acceptors (Lipinski definition) is 8. The summed E-state index contributed by atoms with van der Waals surface area (Å²) >= 11 is 13.0. The van der Waals surface area contributed by atoms with Crippen LogP contribution in [0.5, 0.6) is 5.75 Å². The minimum atomic E-state index is -0.645. The predicted molar refractivity (Wildman–Crippen MR) is 128 cm³/mol. The number of esters is 2. The van der Waals surface area contributed by atoms with Gasteiger partial charge in [0.15, 0.2) is 5.76 Å². The van der Waals surface area contributed by atoms with E-state index in [-0.39, 0.29) is 39.4 Å². The van der Waals surface area contributed by atoms with Crippen LogP contribution in [0.15, 0.2) is 34.7 Å². The van der Waals surface area contributed by atoms with Crippen molar-refractivity contribution in [1.82, 2.24) is 0 Å². The number of rotatable bonds is 9. The molecule has 0 spiro atoms. The van der Waals surface area contributed by atoms with Gasteiger partial charge in [-0.2, -0.15) is 0 Å². The number of nitrogens with one attached hydrogen (secondary N) is 1. The Kier molecular flexibility index (Phi) is 8.60. The SMILES string of the molecule is CCCOC(=O)c1c(NC(=O)c2ccc(COc3cccc(Cl)c3Cl)o2)sc(C(=O)OC)c1C. The van der Waals surface area contributed by atoms with Gasteiger partial charge in [0.05, 0.1) is 24.3 Å². The van der Waals surface area contributed by atoms with Gasteiger partial charge < -0.3 is 23.9 Å². The van der Waals surface area contributed by atoms with Crippen molar-refractivity contribution in [3.8, 4) is 5.75 Å². The normalized spacial score (nSPS) is 10.6. The Morgan fingerprint density at radius 3 is 2.59 bits per heavy atom. The van der Waals surface area contributed by atoms with Gasteiger partial charge in [0.2, 0.25) is 0 Å². The van der Waals surface area contributed by atoms with Crippen molar-refractivity contribution in [1.29, 1.82) is 0 Å². The summed E-state index contributed by atoms with van der Waals surface area (Å²) in [5, 5.41) is 3.40. The van der Waals surface area contributed by atoms with Gasteiger partial charge in [0.1, 0.15) is 33.0 Å². The van der Waals surface area contributed by atoms with Crippen molar-refractivity contribution < 1.29 is 33.0 Å². The molecule has 0 saturated carbocycles. The van der Waals surface area contributed by atoms with Gasteiger partial charge in [-0.25, -0.2) is 9.59 Å². The highest BCUT2D eigenvalue weighted by molar-refractivity contribution is 7.18. The molecule has 0 fully saturated rings. The van der Waals surface area contributed by atoms with Crippen LogP contribution in [0.25, 0.3) is 0 Å². The van der Waals surface area contributed by atoms with E-state index in [0.717, 1.165) is 11.3 Å². The number of halogens is 2. The summed E-state index contributed by atoms with van der Waals surface area (Å²) in [4.78, 5) is 37.7. The number of anilines is 1. The Hall–Kier alpha value is -3.01. The predicted octanol–water partition coefficient (Wildman–Crippen LogP) is 6.14. The van der Waals surface area contributed by atoms with Gasteiger partial charge in [0, 0.05) is 0 Å². The number of hydrogen-bond donors (Lipinski definition) is 1. The summed E-state index contributed by atoms with van der Waals surface area (Å²) in [5.74, 6) is -1.17. The van der Waals surface area contributed by atoms with E-state index in [4.69, 9.17) is 41.8 Å². The summed E-state index contributed by atoms with van der Waals surface area (Å²) in [6.45, 7) is 3.65. The molecule has 0 radical (unpaired) electrons. The molecule has 1 amide bonds. The van der Waals surface area contributed by atoms with Crippen LogP contribution < -0.4 is 10.1 Å². The van der Waals surface area contributed by atoms with Crippen molar-refractivity contribution >= 4 is 57.4 Å². The molecular formula is C23H21Cl2NO7S. The van der Waals surface area contributed by atoms with E-state index in [0.29, 0.717) is 28.5 Å². The van der Waals surface area contributed by atoms with Crippen molar-refractivity contribution in [2.75, 3.05) is 19.0 Å². The highest BCUT2D eigenvalue weighted by Crippen LogP contribution is 2.35. The Morgan fingerprint density at radius 2 is 1.88 bits per heavy atom. The highest BCUT2D eigenvalue weighted by Gasteiger charge is 2.28. The number of ether oxygens (including phenoxy) is 3. The van der Waals surface area contributed by atoms with Crippen LogP contribution in [-0.2, 0) is 16.1 Å². The molecule has 8 nitrogen and oxygen atoms in total. The maximum absolute atomic E-state index is 12.8. The summed E-state index contributed by atoms with van der Waals surface area (Å²) in [6, 6.07) is 8.02. The Bertz CT molecular complexity index is 1220. The van der Waals surface area contributed by atoms with Crippen molar-refractivity contribution in [3.05, 3.63) is 67.9 Å². The van der Waals surface area contributed by atoms with Crippen LogP contribution >= 0.6 is 34.5 Å².